The van der Waals surface area contributed by atoms with Gasteiger partial charge >= 0.3 is 0 Å². The summed E-state index contributed by atoms with van der Waals surface area (Å²) in [6, 6.07) is 0. The highest BCUT2D eigenvalue weighted by Crippen LogP contribution is 2.36. The van der Waals surface area contributed by atoms with Crippen LogP contribution < -0.4 is 0 Å². The van der Waals surface area contributed by atoms with E-state index in [1.807, 2.05) is 34.6 Å². The number of ether oxygens (including phenoxy) is 1. The van der Waals surface area contributed by atoms with Crippen molar-refractivity contribution in [1.82, 2.24) is 0 Å². The molecule has 0 aromatic carbocycles. The van der Waals surface area contributed by atoms with Crippen LogP contribution in [0.2, 0.25) is 0 Å². The zero-order chi connectivity index (χ0) is 20.1. The van der Waals surface area contributed by atoms with E-state index in [2.05, 4.69) is 20.8 Å². The summed E-state index contributed by atoms with van der Waals surface area (Å²) < 4.78 is 5.90. The van der Waals surface area contributed by atoms with Gasteiger partial charge < -0.3 is 14.9 Å². The fourth-order valence-corrected chi connectivity index (χ4v) is 2.84. The summed E-state index contributed by atoms with van der Waals surface area (Å²) in [5, 5.41) is 20.3. The number of ketones is 1. The normalized spacial score (nSPS) is 19.2. The van der Waals surface area contributed by atoms with Crippen molar-refractivity contribution in [2.24, 2.45) is 10.8 Å². The van der Waals surface area contributed by atoms with Crippen LogP contribution in [0.3, 0.4) is 0 Å². The molecule has 2 N–H and O–H groups in total. The molecule has 0 aromatic heterocycles. The van der Waals surface area contributed by atoms with E-state index in [0.29, 0.717) is 12.8 Å². The second-order valence-electron chi connectivity index (χ2n) is 9.88. The molecule has 0 saturated heterocycles. The van der Waals surface area contributed by atoms with Crippen molar-refractivity contribution in [3.8, 4) is 0 Å². The number of hydrogen-bond donors (Lipinski definition) is 2. The molecule has 0 saturated carbocycles. The lowest BCUT2D eigenvalue weighted by Gasteiger charge is -2.37. The molecular formula is C21H42O4. The van der Waals surface area contributed by atoms with Gasteiger partial charge in [0.1, 0.15) is 5.60 Å². The third-order valence-electron chi connectivity index (χ3n) is 5.30. The smallest absolute Gasteiger partial charge is 0.169 e. The van der Waals surface area contributed by atoms with Gasteiger partial charge in [-0.1, -0.05) is 48.5 Å². The van der Waals surface area contributed by atoms with E-state index in [1.54, 1.807) is 6.92 Å². The Balaban J connectivity index is 4.92. The van der Waals surface area contributed by atoms with Crippen molar-refractivity contribution in [3.63, 3.8) is 0 Å². The number of Topliss-reactive ketones (excluding diaryl/α,β-unsaturated/α-hetero) is 1. The Labute approximate surface area is 155 Å². The quantitative estimate of drug-likeness (QED) is 0.570. The Hall–Kier alpha value is -0.450. The first kappa shape index (κ1) is 24.6. The molecule has 0 amide bonds. The number of carbonyl (C=O) groups is 1. The molecule has 0 radical (unpaired) electrons. The van der Waals surface area contributed by atoms with Gasteiger partial charge in [0.25, 0.3) is 0 Å². The molecule has 0 rings (SSSR count). The van der Waals surface area contributed by atoms with Crippen LogP contribution in [-0.2, 0) is 9.53 Å². The Morgan fingerprint density at radius 3 is 1.88 bits per heavy atom. The molecular weight excluding hydrogens is 316 g/mol. The minimum absolute atomic E-state index is 0.0571. The number of carbonyl (C=O) groups excluding carboxylic acids is 1. The highest BCUT2D eigenvalue weighted by Gasteiger charge is 2.42. The maximum atomic E-state index is 13.1. The molecule has 0 aliphatic heterocycles. The fraction of sp³-hybridized carbons (Fsp3) is 0.952. The van der Waals surface area contributed by atoms with Crippen LogP contribution in [0, 0.1) is 10.8 Å². The summed E-state index contributed by atoms with van der Waals surface area (Å²) >= 11 is 0. The molecule has 25 heavy (non-hydrogen) atoms. The van der Waals surface area contributed by atoms with Crippen LogP contribution in [0.15, 0.2) is 0 Å². The molecule has 0 heterocycles. The Morgan fingerprint density at radius 2 is 1.48 bits per heavy atom. The monoisotopic (exact) mass is 358 g/mol. The summed E-state index contributed by atoms with van der Waals surface area (Å²) in [4.78, 5) is 13.1. The average molecular weight is 359 g/mol. The van der Waals surface area contributed by atoms with Crippen LogP contribution in [0.5, 0.6) is 0 Å². The van der Waals surface area contributed by atoms with Crippen LogP contribution in [0.25, 0.3) is 0 Å². The number of aliphatic hydroxyl groups excluding tert-OH is 1. The van der Waals surface area contributed by atoms with Crippen LogP contribution in [0.4, 0.5) is 0 Å². The number of aliphatic hydroxyl groups is 2. The van der Waals surface area contributed by atoms with Gasteiger partial charge in [-0.25, -0.2) is 0 Å². The predicted octanol–water partition coefficient (Wildman–Crippen LogP) is 4.51. The van der Waals surface area contributed by atoms with Gasteiger partial charge in [-0.3, -0.25) is 4.79 Å². The number of hydrogen-bond acceptors (Lipinski definition) is 4. The first-order chi connectivity index (χ1) is 11.1. The maximum absolute atomic E-state index is 13.1. The van der Waals surface area contributed by atoms with Gasteiger partial charge in [0, 0.05) is 11.8 Å². The van der Waals surface area contributed by atoms with E-state index in [1.165, 1.54) is 0 Å². The van der Waals surface area contributed by atoms with E-state index in [0.717, 1.165) is 12.8 Å². The minimum atomic E-state index is -0.916. The molecule has 0 aromatic rings. The zero-order valence-electron chi connectivity index (χ0n) is 18.0. The van der Waals surface area contributed by atoms with Crippen molar-refractivity contribution in [2.45, 2.75) is 112 Å². The second kappa shape index (κ2) is 8.96. The van der Waals surface area contributed by atoms with Crippen molar-refractivity contribution in [2.75, 3.05) is 6.61 Å². The van der Waals surface area contributed by atoms with E-state index in [-0.39, 0.29) is 24.2 Å². The zero-order valence-corrected chi connectivity index (χ0v) is 18.0. The standard InChI is InChI=1S/C21H42O4/c1-10-20(8,24)14-16(22)15-25-21(9,11-2)17(23)19(6,7)13-12-18(3,4)5/h16,22,24H,10-15H2,1-9H3. The summed E-state index contributed by atoms with van der Waals surface area (Å²) in [7, 11) is 0. The molecule has 0 aliphatic rings. The summed E-state index contributed by atoms with van der Waals surface area (Å²) in [5.74, 6) is 0.0844. The van der Waals surface area contributed by atoms with Gasteiger partial charge in [-0.05, 0) is 44.9 Å². The highest BCUT2D eigenvalue weighted by molar-refractivity contribution is 5.91. The van der Waals surface area contributed by atoms with Gasteiger partial charge in [0.05, 0.1) is 18.3 Å². The summed E-state index contributed by atoms with van der Waals surface area (Å²) in [6.07, 6.45) is 2.35. The molecule has 4 heteroatoms. The van der Waals surface area contributed by atoms with Gasteiger partial charge in [0.15, 0.2) is 5.78 Å². The van der Waals surface area contributed by atoms with Gasteiger partial charge in [-0.2, -0.15) is 0 Å². The largest absolute Gasteiger partial charge is 0.391 e. The summed E-state index contributed by atoms with van der Waals surface area (Å²) in [5.41, 5.74) is -2.12. The van der Waals surface area contributed by atoms with Crippen molar-refractivity contribution in [1.29, 1.82) is 0 Å². The molecule has 0 bridgehead atoms. The van der Waals surface area contributed by atoms with E-state index in [9.17, 15) is 15.0 Å². The minimum Gasteiger partial charge on any atom is -0.391 e. The lowest BCUT2D eigenvalue weighted by atomic mass is 9.72. The third kappa shape index (κ3) is 8.65. The molecule has 4 nitrogen and oxygen atoms in total. The average Bonchev–Trinajstić information content (AvgIpc) is 2.49. The fourth-order valence-electron chi connectivity index (χ4n) is 2.84. The van der Waals surface area contributed by atoms with E-state index < -0.39 is 22.7 Å². The second-order valence-corrected chi connectivity index (χ2v) is 9.88. The van der Waals surface area contributed by atoms with Crippen LogP contribution >= 0.6 is 0 Å². The lowest BCUT2D eigenvalue weighted by Crippen LogP contribution is -2.47. The third-order valence-corrected chi connectivity index (χ3v) is 5.30. The predicted molar refractivity (Wildman–Crippen MR) is 104 cm³/mol. The molecule has 3 unspecified atom stereocenters. The topological polar surface area (TPSA) is 66.8 Å². The van der Waals surface area contributed by atoms with Crippen molar-refractivity contribution >= 4 is 5.78 Å². The van der Waals surface area contributed by atoms with E-state index >= 15 is 0 Å². The van der Waals surface area contributed by atoms with E-state index in [4.69, 9.17) is 4.74 Å². The SMILES string of the molecule is CCC(C)(O)CC(O)COC(C)(CC)C(=O)C(C)(C)CCC(C)(C)C. The number of rotatable bonds is 11. The van der Waals surface area contributed by atoms with Crippen molar-refractivity contribution in [3.05, 3.63) is 0 Å². The highest BCUT2D eigenvalue weighted by atomic mass is 16.5. The Morgan fingerprint density at radius 1 is 0.960 bits per heavy atom. The van der Waals surface area contributed by atoms with Crippen LogP contribution in [-0.4, -0.2) is 39.9 Å². The Kier molecular flexibility index (Phi) is 8.80. The van der Waals surface area contributed by atoms with Crippen LogP contribution in [0.1, 0.15) is 94.4 Å². The maximum Gasteiger partial charge on any atom is 0.169 e. The lowest BCUT2D eigenvalue weighted by molar-refractivity contribution is -0.158. The van der Waals surface area contributed by atoms with Crippen molar-refractivity contribution < 1.29 is 19.7 Å². The molecule has 150 valence electrons. The molecule has 0 spiro atoms. The summed E-state index contributed by atoms with van der Waals surface area (Å²) in [6.45, 7) is 17.9. The van der Waals surface area contributed by atoms with Gasteiger partial charge in [-0.15, -0.1) is 0 Å². The molecule has 0 aliphatic carbocycles. The first-order valence-electron chi connectivity index (χ1n) is 9.68. The Bertz CT molecular complexity index is 420. The molecule has 3 atom stereocenters. The van der Waals surface area contributed by atoms with Gasteiger partial charge in [0.2, 0.25) is 0 Å². The molecule has 0 fully saturated rings. The first-order valence-corrected chi connectivity index (χ1v) is 9.68.